The second-order valence-electron chi connectivity index (χ2n) is 5.43. The van der Waals surface area contributed by atoms with Gasteiger partial charge < -0.3 is 19.7 Å². The second-order valence-corrected chi connectivity index (χ2v) is 6.35. The van der Waals surface area contributed by atoms with Crippen molar-refractivity contribution in [3.63, 3.8) is 0 Å². The molecular weight excluding hydrogens is 360 g/mol. The largest absolute Gasteiger partial charge is 0.454 e. The van der Waals surface area contributed by atoms with Gasteiger partial charge in [-0.1, -0.05) is 22.0 Å². The van der Waals surface area contributed by atoms with Crippen LogP contribution >= 0.6 is 15.9 Å². The molecule has 0 aliphatic carbocycles. The van der Waals surface area contributed by atoms with Crippen LogP contribution in [0.1, 0.15) is 11.1 Å². The van der Waals surface area contributed by atoms with Crippen LogP contribution < -0.4 is 14.8 Å². The monoisotopic (exact) mass is 376 g/mol. The standard InChI is InChI=1S/C17H17BrN2O3/c1-11-7-13(18)4-5-14(11)19-17(21)20(2)9-12-3-6-15-16(8-12)23-10-22-15/h3-8H,9-10H2,1-2H3,(H,19,21). The first-order valence-electron chi connectivity index (χ1n) is 7.20. The topological polar surface area (TPSA) is 50.8 Å². The summed E-state index contributed by atoms with van der Waals surface area (Å²) in [6.45, 7) is 2.69. The molecule has 0 atom stereocenters. The number of rotatable bonds is 3. The third kappa shape index (κ3) is 3.59. The lowest BCUT2D eigenvalue weighted by molar-refractivity contribution is 0.174. The number of benzene rings is 2. The maximum Gasteiger partial charge on any atom is 0.321 e. The second kappa shape index (κ2) is 6.50. The van der Waals surface area contributed by atoms with Crippen LogP contribution in [0.4, 0.5) is 10.5 Å². The Morgan fingerprint density at radius 3 is 2.78 bits per heavy atom. The van der Waals surface area contributed by atoms with Gasteiger partial charge in [-0.25, -0.2) is 4.79 Å². The van der Waals surface area contributed by atoms with Crippen molar-refractivity contribution in [2.45, 2.75) is 13.5 Å². The summed E-state index contributed by atoms with van der Waals surface area (Å²) in [6, 6.07) is 11.3. The molecule has 0 saturated carbocycles. The van der Waals surface area contributed by atoms with E-state index in [1.807, 2.05) is 43.3 Å². The van der Waals surface area contributed by atoms with E-state index >= 15 is 0 Å². The van der Waals surface area contributed by atoms with Gasteiger partial charge in [0.1, 0.15) is 0 Å². The zero-order valence-electron chi connectivity index (χ0n) is 12.9. The average Bonchev–Trinajstić information content (AvgIpc) is 2.97. The number of ether oxygens (including phenoxy) is 2. The number of nitrogens with zero attached hydrogens (tertiary/aromatic N) is 1. The molecule has 0 bridgehead atoms. The molecule has 0 fully saturated rings. The van der Waals surface area contributed by atoms with E-state index < -0.39 is 0 Å². The molecule has 3 rings (SSSR count). The van der Waals surface area contributed by atoms with E-state index in [0.29, 0.717) is 6.54 Å². The molecule has 0 radical (unpaired) electrons. The van der Waals surface area contributed by atoms with Gasteiger partial charge in [-0.05, 0) is 48.4 Å². The Morgan fingerprint density at radius 1 is 1.22 bits per heavy atom. The van der Waals surface area contributed by atoms with Gasteiger partial charge in [0.2, 0.25) is 6.79 Å². The summed E-state index contributed by atoms with van der Waals surface area (Å²) in [4.78, 5) is 14.0. The van der Waals surface area contributed by atoms with Crippen molar-refractivity contribution in [1.29, 1.82) is 0 Å². The van der Waals surface area contributed by atoms with Gasteiger partial charge in [0, 0.05) is 23.8 Å². The Hall–Kier alpha value is -2.21. The molecule has 1 aliphatic rings. The van der Waals surface area contributed by atoms with Gasteiger partial charge in [0.05, 0.1) is 0 Å². The van der Waals surface area contributed by atoms with Gasteiger partial charge in [-0.15, -0.1) is 0 Å². The Labute approximate surface area is 143 Å². The molecule has 2 aromatic rings. The van der Waals surface area contributed by atoms with Crippen molar-refractivity contribution in [2.75, 3.05) is 19.2 Å². The Bertz CT molecular complexity index is 749. The lowest BCUT2D eigenvalue weighted by atomic mass is 10.2. The number of fused-ring (bicyclic) bond motifs is 1. The normalized spacial score (nSPS) is 12.1. The number of anilines is 1. The number of carbonyl (C=O) groups is 1. The minimum absolute atomic E-state index is 0.159. The van der Waals surface area contributed by atoms with Crippen LogP contribution in [-0.2, 0) is 6.54 Å². The van der Waals surface area contributed by atoms with E-state index in [0.717, 1.165) is 32.8 Å². The van der Waals surface area contributed by atoms with Crippen molar-refractivity contribution < 1.29 is 14.3 Å². The summed E-state index contributed by atoms with van der Waals surface area (Å²) >= 11 is 3.41. The van der Waals surface area contributed by atoms with Gasteiger partial charge in [-0.2, -0.15) is 0 Å². The van der Waals surface area contributed by atoms with E-state index in [1.54, 1.807) is 11.9 Å². The van der Waals surface area contributed by atoms with Crippen molar-refractivity contribution >= 4 is 27.6 Å². The molecule has 1 N–H and O–H groups in total. The van der Waals surface area contributed by atoms with Gasteiger partial charge >= 0.3 is 6.03 Å². The molecule has 0 saturated heterocycles. The van der Waals surface area contributed by atoms with Crippen molar-refractivity contribution in [3.05, 3.63) is 52.0 Å². The van der Waals surface area contributed by atoms with Crippen LogP contribution in [0, 0.1) is 6.92 Å². The highest BCUT2D eigenvalue weighted by Gasteiger charge is 2.15. The van der Waals surface area contributed by atoms with E-state index in [9.17, 15) is 4.79 Å². The maximum atomic E-state index is 12.3. The number of hydrogen-bond donors (Lipinski definition) is 1. The van der Waals surface area contributed by atoms with Crippen LogP contribution in [0.2, 0.25) is 0 Å². The number of amides is 2. The number of aryl methyl sites for hydroxylation is 1. The molecule has 23 heavy (non-hydrogen) atoms. The van der Waals surface area contributed by atoms with E-state index in [2.05, 4.69) is 21.2 Å². The van der Waals surface area contributed by atoms with E-state index in [-0.39, 0.29) is 12.8 Å². The molecular formula is C17H17BrN2O3. The van der Waals surface area contributed by atoms with Crippen LogP contribution in [0.15, 0.2) is 40.9 Å². The summed E-state index contributed by atoms with van der Waals surface area (Å²) in [5.41, 5.74) is 2.79. The van der Waals surface area contributed by atoms with Crippen LogP contribution in [-0.4, -0.2) is 24.8 Å². The highest BCUT2D eigenvalue weighted by atomic mass is 79.9. The Balaban J connectivity index is 1.65. The average molecular weight is 377 g/mol. The van der Waals surface area contributed by atoms with Crippen LogP contribution in [0.5, 0.6) is 11.5 Å². The molecule has 0 spiro atoms. The summed E-state index contributed by atoms with van der Waals surface area (Å²) in [6.07, 6.45) is 0. The third-order valence-corrected chi connectivity index (χ3v) is 4.13. The maximum absolute atomic E-state index is 12.3. The fraction of sp³-hybridized carbons (Fsp3) is 0.235. The highest BCUT2D eigenvalue weighted by Crippen LogP contribution is 2.32. The number of halogens is 1. The lowest BCUT2D eigenvalue weighted by Crippen LogP contribution is -2.31. The van der Waals surface area contributed by atoms with Gasteiger partial charge in [-0.3, -0.25) is 0 Å². The van der Waals surface area contributed by atoms with E-state index in [1.165, 1.54) is 0 Å². The first kappa shape index (κ1) is 15.7. The zero-order chi connectivity index (χ0) is 16.4. The first-order valence-corrected chi connectivity index (χ1v) is 7.99. The van der Waals surface area contributed by atoms with Crippen molar-refractivity contribution in [1.82, 2.24) is 4.90 Å². The quantitative estimate of drug-likeness (QED) is 0.875. The molecule has 1 heterocycles. The number of carbonyl (C=O) groups excluding carboxylic acids is 1. The van der Waals surface area contributed by atoms with Crippen molar-refractivity contribution in [2.24, 2.45) is 0 Å². The molecule has 2 amide bonds. The third-order valence-electron chi connectivity index (χ3n) is 3.63. The Kier molecular flexibility index (Phi) is 4.43. The fourth-order valence-corrected chi connectivity index (χ4v) is 2.84. The van der Waals surface area contributed by atoms with Crippen LogP contribution in [0.25, 0.3) is 0 Å². The molecule has 120 valence electrons. The van der Waals surface area contributed by atoms with Crippen molar-refractivity contribution in [3.8, 4) is 11.5 Å². The molecule has 6 heteroatoms. The number of hydrogen-bond acceptors (Lipinski definition) is 3. The SMILES string of the molecule is Cc1cc(Br)ccc1NC(=O)N(C)Cc1ccc2c(c1)OCO2. The summed E-state index contributed by atoms with van der Waals surface area (Å²) in [7, 11) is 1.76. The molecule has 2 aromatic carbocycles. The van der Waals surface area contributed by atoms with Crippen LogP contribution in [0.3, 0.4) is 0 Å². The summed E-state index contributed by atoms with van der Waals surface area (Å²) < 4.78 is 11.6. The minimum atomic E-state index is -0.159. The molecule has 0 unspecified atom stereocenters. The smallest absolute Gasteiger partial charge is 0.321 e. The predicted octanol–water partition coefficient (Wildman–Crippen LogP) is 4.15. The van der Waals surface area contributed by atoms with Gasteiger partial charge in [0.25, 0.3) is 0 Å². The number of nitrogens with one attached hydrogen (secondary N) is 1. The zero-order valence-corrected chi connectivity index (χ0v) is 14.5. The summed E-state index contributed by atoms with van der Waals surface area (Å²) in [5.74, 6) is 1.46. The van der Waals surface area contributed by atoms with Gasteiger partial charge in [0.15, 0.2) is 11.5 Å². The number of urea groups is 1. The lowest BCUT2D eigenvalue weighted by Gasteiger charge is -2.19. The first-order chi connectivity index (χ1) is 11.0. The molecule has 1 aliphatic heterocycles. The highest BCUT2D eigenvalue weighted by molar-refractivity contribution is 9.10. The summed E-state index contributed by atoms with van der Waals surface area (Å²) in [5, 5.41) is 2.92. The fourth-order valence-electron chi connectivity index (χ4n) is 2.36. The predicted molar refractivity (Wildman–Crippen MR) is 91.9 cm³/mol. The Morgan fingerprint density at radius 2 is 2.00 bits per heavy atom. The van der Waals surface area contributed by atoms with E-state index in [4.69, 9.17) is 9.47 Å². The minimum Gasteiger partial charge on any atom is -0.454 e. The molecule has 5 nitrogen and oxygen atoms in total. The molecule has 0 aromatic heterocycles.